The fourth-order valence-corrected chi connectivity index (χ4v) is 2.77. The maximum absolute atomic E-state index is 4.50. The summed E-state index contributed by atoms with van der Waals surface area (Å²) in [6.45, 7) is 8.32. The van der Waals surface area contributed by atoms with Crippen molar-refractivity contribution in [2.45, 2.75) is 27.7 Å². The summed E-state index contributed by atoms with van der Waals surface area (Å²) in [4.78, 5) is 4.50. The molecule has 2 aromatic carbocycles. The van der Waals surface area contributed by atoms with Crippen LogP contribution in [0.1, 0.15) is 22.3 Å². The van der Waals surface area contributed by atoms with Gasteiger partial charge in [0.05, 0.1) is 6.20 Å². The molecule has 24 heavy (non-hydrogen) atoms. The van der Waals surface area contributed by atoms with Gasteiger partial charge in [-0.1, -0.05) is 29.8 Å². The summed E-state index contributed by atoms with van der Waals surface area (Å²) in [5.74, 6) is 1.13. The molecule has 1 heterocycles. The van der Waals surface area contributed by atoms with Gasteiger partial charge in [-0.25, -0.2) is 0 Å². The van der Waals surface area contributed by atoms with E-state index in [0.29, 0.717) is 11.8 Å². The molecule has 122 valence electrons. The van der Waals surface area contributed by atoms with Gasteiger partial charge in [0, 0.05) is 11.4 Å². The molecular weight excluding hydrogens is 298 g/mol. The summed E-state index contributed by atoms with van der Waals surface area (Å²) in [6.07, 6.45) is 1.63. The van der Waals surface area contributed by atoms with Crippen LogP contribution in [0.4, 0.5) is 23.1 Å². The van der Waals surface area contributed by atoms with Gasteiger partial charge in [0.15, 0.2) is 5.82 Å². The van der Waals surface area contributed by atoms with E-state index in [1.54, 1.807) is 6.20 Å². The lowest BCUT2D eigenvalue weighted by atomic mass is 10.1. The van der Waals surface area contributed by atoms with Gasteiger partial charge in [-0.2, -0.15) is 10.1 Å². The number of rotatable bonds is 4. The van der Waals surface area contributed by atoms with E-state index in [0.717, 1.165) is 11.4 Å². The third-order valence-corrected chi connectivity index (χ3v) is 3.76. The summed E-state index contributed by atoms with van der Waals surface area (Å²) in [5, 5.41) is 14.6. The Bertz CT molecular complexity index is 850. The molecule has 3 aromatic rings. The Morgan fingerprint density at radius 1 is 0.833 bits per heavy atom. The van der Waals surface area contributed by atoms with E-state index in [2.05, 4.69) is 58.7 Å². The number of benzene rings is 2. The van der Waals surface area contributed by atoms with Gasteiger partial charge in [-0.15, -0.1) is 5.10 Å². The molecule has 5 nitrogen and oxygen atoms in total. The number of aromatic nitrogens is 3. The first kappa shape index (κ1) is 15.9. The van der Waals surface area contributed by atoms with Crippen LogP contribution in [0.15, 0.2) is 42.6 Å². The smallest absolute Gasteiger partial charge is 0.249 e. The molecule has 0 saturated carbocycles. The van der Waals surface area contributed by atoms with Crippen LogP contribution >= 0.6 is 0 Å². The lowest BCUT2D eigenvalue weighted by Crippen LogP contribution is -2.04. The Balaban J connectivity index is 1.83. The van der Waals surface area contributed by atoms with Crippen LogP contribution in [-0.4, -0.2) is 15.2 Å². The molecule has 0 radical (unpaired) electrons. The lowest BCUT2D eigenvalue weighted by Gasteiger charge is -2.13. The zero-order chi connectivity index (χ0) is 17.1. The van der Waals surface area contributed by atoms with Crippen molar-refractivity contribution in [3.05, 3.63) is 64.8 Å². The van der Waals surface area contributed by atoms with E-state index in [9.17, 15) is 0 Å². The zero-order valence-electron chi connectivity index (χ0n) is 14.4. The minimum atomic E-state index is 0.466. The van der Waals surface area contributed by atoms with Crippen molar-refractivity contribution >= 4 is 23.1 Å². The zero-order valence-corrected chi connectivity index (χ0v) is 14.4. The molecule has 5 heteroatoms. The van der Waals surface area contributed by atoms with Crippen LogP contribution in [0.5, 0.6) is 0 Å². The van der Waals surface area contributed by atoms with Crippen molar-refractivity contribution in [1.29, 1.82) is 0 Å². The summed E-state index contributed by atoms with van der Waals surface area (Å²) in [7, 11) is 0. The number of hydrogen-bond acceptors (Lipinski definition) is 5. The Labute approximate surface area is 142 Å². The summed E-state index contributed by atoms with van der Waals surface area (Å²) < 4.78 is 0. The van der Waals surface area contributed by atoms with Crippen LogP contribution in [0.25, 0.3) is 0 Å². The molecule has 0 spiro atoms. The van der Waals surface area contributed by atoms with Gasteiger partial charge >= 0.3 is 0 Å². The monoisotopic (exact) mass is 319 g/mol. The minimum Gasteiger partial charge on any atom is -0.338 e. The molecule has 0 unspecified atom stereocenters. The van der Waals surface area contributed by atoms with Gasteiger partial charge in [0.25, 0.3) is 0 Å². The lowest BCUT2D eigenvalue weighted by molar-refractivity contribution is 0.981. The van der Waals surface area contributed by atoms with Crippen molar-refractivity contribution < 1.29 is 0 Å². The van der Waals surface area contributed by atoms with Crippen molar-refractivity contribution in [3.63, 3.8) is 0 Å². The summed E-state index contributed by atoms with van der Waals surface area (Å²) in [5.41, 5.74) is 6.78. The number of anilines is 4. The number of aryl methyl sites for hydroxylation is 4. The van der Waals surface area contributed by atoms with E-state index in [4.69, 9.17) is 0 Å². The van der Waals surface area contributed by atoms with E-state index in [1.165, 1.54) is 22.3 Å². The van der Waals surface area contributed by atoms with Crippen molar-refractivity contribution in [2.75, 3.05) is 10.6 Å². The second-order valence-corrected chi connectivity index (χ2v) is 6.06. The molecule has 2 N–H and O–H groups in total. The fourth-order valence-electron chi connectivity index (χ4n) is 2.77. The molecule has 0 fully saturated rings. The molecule has 0 aliphatic carbocycles. The van der Waals surface area contributed by atoms with E-state index in [-0.39, 0.29) is 0 Å². The SMILES string of the molecule is Cc1cccc(Nc2nncc(Nc3c(C)cc(C)cc3C)n2)c1. The molecule has 0 amide bonds. The van der Waals surface area contributed by atoms with Gasteiger partial charge in [-0.05, 0) is 56.5 Å². The molecule has 3 rings (SSSR count). The van der Waals surface area contributed by atoms with Gasteiger partial charge in [0.2, 0.25) is 5.95 Å². The number of nitrogens with zero attached hydrogens (tertiary/aromatic N) is 3. The van der Waals surface area contributed by atoms with Crippen molar-refractivity contribution in [1.82, 2.24) is 15.2 Å². The van der Waals surface area contributed by atoms with Gasteiger partial charge < -0.3 is 10.6 Å². The minimum absolute atomic E-state index is 0.466. The first-order valence-corrected chi connectivity index (χ1v) is 7.89. The third-order valence-electron chi connectivity index (χ3n) is 3.76. The highest BCUT2D eigenvalue weighted by atomic mass is 15.3. The first-order valence-electron chi connectivity index (χ1n) is 7.89. The van der Waals surface area contributed by atoms with E-state index < -0.39 is 0 Å². The topological polar surface area (TPSA) is 62.7 Å². The molecule has 0 saturated heterocycles. The standard InChI is InChI=1S/C19H21N5/c1-12-6-5-7-16(10-12)21-19-23-17(11-20-24-19)22-18-14(3)8-13(2)9-15(18)4/h5-11H,1-4H3,(H2,21,22,23,24). The molecule has 0 aliphatic rings. The Morgan fingerprint density at radius 2 is 1.58 bits per heavy atom. The van der Waals surface area contributed by atoms with Crippen LogP contribution in [-0.2, 0) is 0 Å². The summed E-state index contributed by atoms with van der Waals surface area (Å²) >= 11 is 0. The molecule has 0 aliphatic heterocycles. The number of hydrogen-bond donors (Lipinski definition) is 2. The second kappa shape index (κ2) is 6.66. The third kappa shape index (κ3) is 3.68. The molecule has 1 aromatic heterocycles. The molecule has 0 bridgehead atoms. The fraction of sp³-hybridized carbons (Fsp3) is 0.211. The second-order valence-electron chi connectivity index (χ2n) is 6.06. The van der Waals surface area contributed by atoms with Gasteiger partial charge in [-0.3, -0.25) is 0 Å². The van der Waals surface area contributed by atoms with Crippen molar-refractivity contribution in [3.8, 4) is 0 Å². The predicted molar refractivity (Wildman–Crippen MR) is 98.2 cm³/mol. The van der Waals surface area contributed by atoms with Gasteiger partial charge in [0.1, 0.15) is 0 Å². The normalized spacial score (nSPS) is 10.5. The highest BCUT2D eigenvalue weighted by molar-refractivity contribution is 5.65. The van der Waals surface area contributed by atoms with Crippen molar-refractivity contribution in [2.24, 2.45) is 0 Å². The molecular formula is C19H21N5. The maximum Gasteiger partial charge on any atom is 0.249 e. The quantitative estimate of drug-likeness (QED) is 0.736. The maximum atomic E-state index is 4.50. The molecule has 0 atom stereocenters. The average molecular weight is 319 g/mol. The van der Waals surface area contributed by atoms with E-state index >= 15 is 0 Å². The Hall–Kier alpha value is -2.95. The van der Waals surface area contributed by atoms with Crippen LogP contribution in [0, 0.1) is 27.7 Å². The number of nitrogens with one attached hydrogen (secondary N) is 2. The van der Waals surface area contributed by atoms with Crippen LogP contribution in [0.3, 0.4) is 0 Å². The largest absolute Gasteiger partial charge is 0.338 e. The average Bonchev–Trinajstić information content (AvgIpc) is 2.51. The van der Waals surface area contributed by atoms with Crippen LogP contribution in [0.2, 0.25) is 0 Å². The first-order chi connectivity index (χ1) is 11.5. The highest BCUT2D eigenvalue weighted by Crippen LogP contribution is 2.25. The highest BCUT2D eigenvalue weighted by Gasteiger charge is 2.07. The predicted octanol–water partition coefficient (Wildman–Crippen LogP) is 4.59. The Kier molecular flexibility index (Phi) is 4.42. The summed E-state index contributed by atoms with van der Waals surface area (Å²) in [6, 6.07) is 12.4. The van der Waals surface area contributed by atoms with Crippen LogP contribution < -0.4 is 10.6 Å². The Morgan fingerprint density at radius 3 is 2.29 bits per heavy atom. The van der Waals surface area contributed by atoms with E-state index in [1.807, 2.05) is 31.2 Å².